The SMILES string of the molecule is Cc1nc(Cl)c2nnn(-c3cccc(C(=O)c4ccccc4)c3)c2n1. The van der Waals surface area contributed by atoms with Crippen molar-refractivity contribution in [1.82, 2.24) is 25.0 Å². The van der Waals surface area contributed by atoms with Crippen LogP contribution in [-0.2, 0) is 0 Å². The van der Waals surface area contributed by atoms with Gasteiger partial charge in [0.15, 0.2) is 22.1 Å². The highest BCUT2D eigenvalue weighted by atomic mass is 35.5. The molecule has 0 fully saturated rings. The molecule has 4 aromatic rings. The Bertz CT molecular complexity index is 1090. The molecule has 0 saturated carbocycles. The van der Waals surface area contributed by atoms with Gasteiger partial charge < -0.3 is 0 Å². The van der Waals surface area contributed by atoms with Crippen molar-refractivity contribution in [2.24, 2.45) is 0 Å². The number of nitrogens with zero attached hydrogens (tertiary/aromatic N) is 5. The van der Waals surface area contributed by atoms with Gasteiger partial charge in [0, 0.05) is 11.1 Å². The minimum atomic E-state index is -0.0595. The van der Waals surface area contributed by atoms with Gasteiger partial charge in [-0.05, 0) is 19.1 Å². The van der Waals surface area contributed by atoms with Gasteiger partial charge in [-0.15, -0.1) is 5.10 Å². The summed E-state index contributed by atoms with van der Waals surface area (Å²) in [5, 5.41) is 8.40. The molecular weight excluding hydrogens is 338 g/mol. The van der Waals surface area contributed by atoms with Gasteiger partial charge in [0.05, 0.1) is 5.69 Å². The van der Waals surface area contributed by atoms with Crippen LogP contribution in [0.5, 0.6) is 0 Å². The number of fused-ring (bicyclic) bond motifs is 1. The Morgan fingerprint density at radius 1 is 1.00 bits per heavy atom. The number of carbonyl (C=O) groups excluding carboxylic acids is 1. The lowest BCUT2D eigenvalue weighted by atomic mass is 10.0. The van der Waals surface area contributed by atoms with Crippen LogP contribution in [-0.4, -0.2) is 30.7 Å². The highest BCUT2D eigenvalue weighted by molar-refractivity contribution is 6.33. The van der Waals surface area contributed by atoms with Gasteiger partial charge >= 0.3 is 0 Å². The number of ketones is 1. The Kier molecular flexibility index (Phi) is 3.74. The van der Waals surface area contributed by atoms with E-state index in [1.807, 2.05) is 24.3 Å². The van der Waals surface area contributed by atoms with E-state index in [1.54, 1.807) is 41.9 Å². The molecule has 0 spiro atoms. The van der Waals surface area contributed by atoms with Crippen LogP contribution in [0, 0.1) is 6.92 Å². The van der Waals surface area contributed by atoms with E-state index < -0.39 is 0 Å². The lowest BCUT2D eigenvalue weighted by Gasteiger charge is -2.05. The van der Waals surface area contributed by atoms with Gasteiger partial charge in [0.2, 0.25) is 0 Å². The molecule has 6 nitrogen and oxygen atoms in total. The highest BCUT2D eigenvalue weighted by Crippen LogP contribution is 2.21. The van der Waals surface area contributed by atoms with E-state index in [0.29, 0.717) is 33.8 Å². The topological polar surface area (TPSA) is 73.6 Å². The van der Waals surface area contributed by atoms with Crippen LogP contribution < -0.4 is 0 Å². The van der Waals surface area contributed by atoms with Gasteiger partial charge in [0.25, 0.3) is 0 Å². The van der Waals surface area contributed by atoms with Crippen LogP contribution >= 0.6 is 11.6 Å². The summed E-state index contributed by atoms with van der Waals surface area (Å²) in [7, 11) is 0. The summed E-state index contributed by atoms with van der Waals surface area (Å²) in [5.74, 6) is 0.466. The number of aryl methyl sites for hydroxylation is 1. The van der Waals surface area contributed by atoms with E-state index in [1.165, 1.54) is 0 Å². The lowest BCUT2D eigenvalue weighted by molar-refractivity contribution is 0.103. The summed E-state index contributed by atoms with van der Waals surface area (Å²) in [5.41, 5.74) is 2.79. The second-order valence-electron chi connectivity index (χ2n) is 5.48. The fourth-order valence-corrected chi connectivity index (χ4v) is 2.84. The predicted molar refractivity (Wildman–Crippen MR) is 94.1 cm³/mol. The maximum Gasteiger partial charge on any atom is 0.193 e. The van der Waals surface area contributed by atoms with Gasteiger partial charge in [0.1, 0.15) is 5.82 Å². The molecule has 7 heteroatoms. The Hall–Kier alpha value is -3.12. The van der Waals surface area contributed by atoms with Crippen LogP contribution in [0.25, 0.3) is 16.9 Å². The number of halogens is 1. The first kappa shape index (κ1) is 15.4. The fraction of sp³-hybridized carbons (Fsp3) is 0.0556. The van der Waals surface area contributed by atoms with E-state index in [9.17, 15) is 4.79 Å². The molecule has 122 valence electrons. The van der Waals surface area contributed by atoms with Crippen LogP contribution in [0.1, 0.15) is 21.7 Å². The zero-order valence-electron chi connectivity index (χ0n) is 13.2. The monoisotopic (exact) mass is 349 g/mol. The third-order valence-corrected chi connectivity index (χ3v) is 4.02. The van der Waals surface area contributed by atoms with Crippen LogP contribution in [0.3, 0.4) is 0 Å². The van der Waals surface area contributed by atoms with Crippen LogP contribution in [0.4, 0.5) is 0 Å². The van der Waals surface area contributed by atoms with Crippen molar-refractivity contribution in [2.75, 3.05) is 0 Å². The molecule has 0 unspecified atom stereocenters. The molecule has 0 radical (unpaired) electrons. The molecule has 0 saturated heterocycles. The Balaban J connectivity index is 1.82. The van der Waals surface area contributed by atoms with E-state index in [2.05, 4.69) is 20.3 Å². The number of hydrogen-bond donors (Lipinski definition) is 0. The van der Waals surface area contributed by atoms with Gasteiger partial charge in [-0.1, -0.05) is 59.3 Å². The number of hydrogen-bond acceptors (Lipinski definition) is 5. The molecule has 0 aliphatic heterocycles. The molecule has 0 bridgehead atoms. The van der Waals surface area contributed by atoms with Crippen molar-refractivity contribution >= 4 is 28.5 Å². The minimum Gasteiger partial charge on any atom is -0.289 e. The van der Waals surface area contributed by atoms with Gasteiger partial charge in [-0.3, -0.25) is 4.79 Å². The van der Waals surface area contributed by atoms with Crippen molar-refractivity contribution in [2.45, 2.75) is 6.92 Å². The number of carbonyl (C=O) groups is 1. The largest absolute Gasteiger partial charge is 0.289 e. The number of rotatable bonds is 3. The fourth-order valence-electron chi connectivity index (χ4n) is 2.59. The second kappa shape index (κ2) is 6.07. The van der Waals surface area contributed by atoms with Crippen LogP contribution in [0.2, 0.25) is 5.15 Å². The third kappa shape index (κ3) is 2.77. The smallest absolute Gasteiger partial charge is 0.193 e. The predicted octanol–water partition coefficient (Wildman–Crippen LogP) is 3.40. The standard InChI is InChI=1S/C18H12ClN5O/c1-11-20-17(19)15-18(21-11)24(23-22-15)14-9-5-8-13(10-14)16(25)12-6-3-2-4-7-12/h2-10H,1H3. The molecule has 2 aromatic carbocycles. The highest BCUT2D eigenvalue weighted by Gasteiger charge is 2.15. The normalized spacial score (nSPS) is 11.0. The van der Waals surface area contributed by atoms with Crippen LogP contribution in [0.15, 0.2) is 54.6 Å². The summed E-state index contributed by atoms with van der Waals surface area (Å²) in [4.78, 5) is 21.1. The summed E-state index contributed by atoms with van der Waals surface area (Å²) in [6, 6.07) is 16.3. The minimum absolute atomic E-state index is 0.0595. The van der Waals surface area contributed by atoms with Crippen molar-refractivity contribution in [1.29, 1.82) is 0 Å². The summed E-state index contributed by atoms with van der Waals surface area (Å²) < 4.78 is 1.55. The first-order chi connectivity index (χ1) is 12.1. The van der Waals surface area contributed by atoms with Crippen molar-refractivity contribution in [3.05, 3.63) is 76.7 Å². The molecule has 25 heavy (non-hydrogen) atoms. The molecule has 4 rings (SSSR count). The van der Waals surface area contributed by atoms with E-state index in [-0.39, 0.29) is 10.9 Å². The maximum atomic E-state index is 12.6. The molecule has 0 aliphatic carbocycles. The zero-order chi connectivity index (χ0) is 17.4. The number of aromatic nitrogens is 5. The van der Waals surface area contributed by atoms with Crippen molar-refractivity contribution in [3.8, 4) is 5.69 Å². The number of benzene rings is 2. The van der Waals surface area contributed by atoms with Crippen molar-refractivity contribution in [3.63, 3.8) is 0 Å². The Labute approximate surface area is 148 Å². The van der Waals surface area contributed by atoms with E-state index in [4.69, 9.17) is 11.6 Å². The molecule has 0 atom stereocenters. The zero-order valence-corrected chi connectivity index (χ0v) is 14.0. The van der Waals surface area contributed by atoms with E-state index in [0.717, 1.165) is 0 Å². The first-order valence-corrected chi connectivity index (χ1v) is 7.97. The average Bonchev–Trinajstić information content (AvgIpc) is 3.06. The summed E-state index contributed by atoms with van der Waals surface area (Å²) >= 11 is 6.10. The van der Waals surface area contributed by atoms with Gasteiger partial charge in [-0.25, -0.2) is 9.97 Å². The Morgan fingerprint density at radius 2 is 1.76 bits per heavy atom. The molecule has 0 amide bonds. The van der Waals surface area contributed by atoms with Gasteiger partial charge in [-0.2, -0.15) is 4.68 Å². The first-order valence-electron chi connectivity index (χ1n) is 7.59. The maximum absolute atomic E-state index is 12.6. The average molecular weight is 350 g/mol. The second-order valence-corrected chi connectivity index (χ2v) is 5.84. The molecule has 0 aliphatic rings. The summed E-state index contributed by atoms with van der Waals surface area (Å²) in [6.45, 7) is 1.75. The Morgan fingerprint density at radius 3 is 2.56 bits per heavy atom. The molecule has 0 N–H and O–H groups in total. The van der Waals surface area contributed by atoms with Crippen molar-refractivity contribution < 1.29 is 4.79 Å². The third-order valence-electron chi connectivity index (χ3n) is 3.76. The molecular formula is C18H12ClN5O. The lowest BCUT2D eigenvalue weighted by Crippen LogP contribution is -2.04. The molecule has 2 aromatic heterocycles. The quantitative estimate of drug-likeness (QED) is 0.418. The summed E-state index contributed by atoms with van der Waals surface area (Å²) in [6.07, 6.45) is 0. The van der Waals surface area contributed by atoms with E-state index >= 15 is 0 Å². The molecule has 2 heterocycles.